The smallest absolute Gasteiger partial charge is 0.255 e. The number of rotatable bonds is 5. The maximum absolute atomic E-state index is 11.9. The van der Waals surface area contributed by atoms with E-state index in [1.54, 1.807) is 17.4 Å². The lowest BCUT2D eigenvalue weighted by molar-refractivity contribution is -0.120. The number of thiophene rings is 1. The topological polar surface area (TPSA) is 90.7 Å². The van der Waals surface area contributed by atoms with Crippen molar-refractivity contribution < 1.29 is 19.1 Å². The zero-order chi connectivity index (χ0) is 16.4. The number of nitrogens with two attached hydrogens (primary N) is 1. The van der Waals surface area contributed by atoms with E-state index in [4.69, 9.17) is 15.2 Å². The van der Waals surface area contributed by atoms with Gasteiger partial charge in [-0.1, -0.05) is 6.07 Å². The van der Waals surface area contributed by atoms with Gasteiger partial charge in [-0.25, -0.2) is 0 Å². The van der Waals surface area contributed by atoms with Gasteiger partial charge >= 0.3 is 0 Å². The molecule has 6 nitrogen and oxygen atoms in total. The maximum atomic E-state index is 11.9. The van der Waals surface area contributed by atoms with Crippen molar-refractivity contribution in [3.8, 4) is 11.5 Å². The number of ether oxygens (including phenoxy) is 2. The third-order valence-electron chi connectivity index (χ3n) is 3.64. The summed E-state index contributed by atoms with van der Waals surface area (Å²) < 4.78 is 10.7. The van der Waals surface area contributed by atoms with E-state index in [1.807, 2.05) is 23.6 Å². The van der Waals surface area contributed by atoms with Gasteiger partial charge in [-0.05, 0) is 29.1 Å². The molecule has 0 aliphatic carbocycles. The third kappa shape index (κ3) is 3.14. The SMILES string of the molecule is COc1cc(C2CC(=O)Nc3ccsc32)ccc1OCC(N)=O. The summed E-state index contributed by atoms with van der Waals surface area (Å²) in [6, 6.07) is 7.36. The molecule has 0 bridgehead atoms. The normalized spacial score (nSPS) is 16.4. The summed E-state index contributed by atoms with van der Waals surface area (Å²) in [6.07, 6.45) is 0.387. The fourth-order valence-corrected chi connectivity index (χ4v) is 3.59. The predicted molar refractivity (Wildman–Crippen MR) is 87.1 cm³/mol. The lowest BCUT2D eigenvalue weighted by Gasteiger charge is -2.23. The number of anilines is 1. The highest BCUT2D eigenvalue weighted by molar-refractivity contribution is 7.10. The summed E-state index contributed by atoms with van der Waals surface area (Å²) in [4.78, 5) is 23.9. The second-order valence-electron chi connectivity index (χ2n) is 5.17. The molecule has 0 fully saturated rings. The van der Waals surface area contributed by atoms with Gasteiger partial charge in [-0.2, -0.15) is 0 Å². The predicted octanol–water partition coefficient (Wildman–Crippen LogP) is 2.09. The molecule has 1 aliphatic rings. The quantitative estimate of drug-likeness (QED) is 0.877. The van der Waals surface area contributed by atoms with Crippen LogP contribution in [0, 0.1) is 0 Å². The summed E-state index contributed by atoms with van der Waals surface area (Å²) in [5, 5.41) is 4.84. The van der Waals surface area contributed by atoms with Crippen LogP contribution in [0.15, 0.2) is 29.6 Å². The molecule has 1 aromatic carbocycles. The molecule has 2 heterocycles. The fraction of sp³-hybridized carbons (Fsp3) is 0.250. The van der Waals surface area contributed by atoms with Crippen LogP contribution in [-0.4, -0.2) is 25.5 Å². The number of carbonyl (C=O) groups excluding carboxylic acids is 2. The van der Waals surface area contributed by atoms with Crippen LogP contribution in [0.3, 0.4) is 0 Å². The second kappa shape index (κ2) is 6.29. The third-order valence-corrected chi connectivity index (χ3v) is 4.67. The molecule has 2 amide bonds. The molecule has 2 aromatic rings. The number of benzene rings is 1. The Labute approximate surface area is 137 Å². The highest BCUT2D eigenvalue weighted by Gasteiger charge is 2.28. The average Bonchev–Trinajstić information content (AvgIpc) is 3.00. The second-order valence-corrected chi connectivity index (χ2v) is 6.12. The van der Waals surface area contributed by atoms with Crippen molar-refractivity contribution in [1.29, 1.82) is 0 Å². The van der Waals surface area contributed by atoms with Gasteiger partial charge in [0.05, 0.1) is 12.8 Å². The molecule has 23 heavy (non-hydrogen) atoms. The minimum Gasteiger partial charge on any atom is -0.493 e. The Kier molecular flexibility index (Phi) is 4.20. The molecule has 1 aromatic heterocycles. The van der Waals surface area contributed by atoms with E-state index in [2.05, 4.69) is 5.32 Å². The van der Waals surface area contributed by atoms with E-state index in [-0.39, 0.29) is 18.4 Å². The molecule has 0 radical (unpaired) electrons. The van der Waals surface area contributed by atoms with E-state index in [0.29, 0.717) is 17.9 Å². The van der Waals surface area contributed by atoms with Crippen LogP contribution in [0.25, 0.3) is 0 Å². The first-order chi connectivity index (χ1) is 11.1. The van der Waals surface area contributed by atoms with Gasteiger partial charge < -0.3 is 20.5 Å². The van der Waals surface area contributed by atoms with Gasteiger partial charge in [-0.3, -0.25) is 9.59 Å². The van der Waals surface area contributed by atoms with Crippen LogP contribution in [-0.2, 0) is 9.59 Å². The standard InChI is InChI=1S/C16H16N2O4S/c1-21-13-6-9(2-3-12(13)22-8-14(17)19)10-7-15(20)18-11-4-5-23-16(10)11/h2-6,10H,7-8H2,1H3,(H2,17,19)(H,18,20). The van der Waals surface area contributed by atoms with E-state index in [1.165, 1.54) is 7.11 Å². The van der Waals surface area contributed by atoms with Crippen molar-refractivity contribution >= 4 is 28.8 Å². The molecule has 3 rings (SSSR count). The Balaban J connectivity index is 1.92. The summed E-state index contributed by atoms with van der Waals surface area (Å²) in [6.45, 7) is -0.212. The van der Waals surface area contributed by atoms with E-state index in [9.17, 15) is 9.59 Å². The van der Waals surface area contributed by atoms with E-state index in [0.717, 1.165) is 16.1 Å². The van der Waals surface area contributed by atoms with Crippen LogP contribution in [0.1, 0.15) is 22.8 Å². The molecular weight excluding hydrogens is 316 g/mol. The van der Waals surface area contributed by atoms with Crippen molar-refractivity contribution in [3.05, 3.63) is 40.1 Å². The summed E-state index contributed by atoms with van der Waals surface area (Å²) in [5.41, 5.74) is 6.92. The lowest BCUT2D eigenvalue weighted by atomic mass is 9.90. The Morgan fingerprint density at radius 2 is 2.22 bits per heavy atom. The molecule has 120 valence electrons. The van der Waals surface area contributed by atoms with Crippen molar-refractivity contribution in [2.24, 2.45) is 5.73 Å². The summed E-state index contributed by atoms with van der Waals surface area (Å²) in [5.74, 6) is 0.379. The molecule has 7 heteroatoms. The monoisotopic (exact) mass is 332 g/mol. The lowest BCUT2D eigenvalue weighted by Crippen LogP contribution is -2.22. The van der Waals surface area contributed by atoms with Gasteiger partial charge in [0.25, 0.3) is 5.91 Å². The number of methoxy groups -OCH3 is 1. The molecule has 1 aliphatic heterocycles. The largest absolute Gasteiger partial charge is 0.493 e. The zero-order valence-electron chi connectivity index (χ0n) is 12.5. The number of hydrogen-bond donors (Lipinski definition) is 2. The number of nitrogens with one attached hydrogen (secondary N) is 1. The molecule has 0 saturated carbocycles. The number of amides is 2. The first-order valence-corrected chi connectivity index (χ1v) is 7.92. The van der Waals surface area contributed by atoms with Crippen LogP contribution >= 0.6 is 11.3 Å². The van der Waals surface area contributed by atoms with Gasteiger partial charge in [-0.15, -0.1) is 11.3 Å². The molecule has 0 saturated heterocycles. The minimum absolute atomic E-state index is 0.00563. The molecular formula is C16H16N2O4S. The Hall–Kier alpha value is -2.54. The fourth-order valence-electron chi connectivity index (χ4n) is 2.61. The van der Waals surface area contributed by atoms with Gasteiger partial charge in [0.2, 0.25) is 5.91 Å². The summed E-state index contributed by atoms with van der Waals surface area (Å²) >= 11 is 1.61. The number of primary amides is 1. The van der Waals surface area contributed by atoms with E-state index < -0.39 is 5.91 Å². The molecule has 1 atom stereocenters. The summed E-state index contributed by atoms with van der Waals surface area (Å²) in [7, 11) is 1.53. The highest BCUT2D eigenvalue weighted by atomic mass is 32.1. The first-order valence-electron chi connectivity index (χ1n) is 7.04. The van der Waals surface area contributed by atoms with Crippen molar-refractivity contribution in [1.82, 2.24) is 0 Å². The maximum Gasteiger partial charge on any atom is 0.255 e. The van der Waals surface area contributed by atoms with Crippen LogP contribution in [0.4, 0.5) is 5.69 Å². The van der Waals surface area contributed by atoms with Crippen molar-refractivity contribution in [2.75, 3.05) is 19.0 Å². The van der Waals surface area contributed by atoms with Crippen LogP contribution in [0.5, 0.6) is 11.5 Å². The van der Waals surface area contributed by atoms with Crippen molar-refractivity contribution in [2.45, 2.75) is 12.3 Å². The Bertz CT molecular complexity index is 756. The zero-order valence-corrected chi connectivity index (χ0v) is 13.3. The number of fused-ring (bicyclic) bond motifs is 1. The number of carbonyl (C=O) groups is 2. The van der Waals surface area contributed by atoms with Gasteiger partial charge in [0.15, 0.2) is 18.1 Å². The molecule has 0 spiro atoms. The van der Waals surface area contributed by atoms with Crippen LogP contribution in [0.2, 0.25) is 0 Å². The Morgan fingerprint density at radius 3 is 2.96 bits per heavy atom. The van der Waals surface area contributed by atoms with Crippen LogP contribution < -0.4 is 20.5 Å². The molecule has 3 N–H and O–H groups in total. The average molecular weight is 332 g/mol. The van der Waals surface area contributed by atoms with E-state index >= 15 is 0 Å². The minimum atomic E-state index is -0.552. The first kappa shape index (κ1) is 15.4. The van der Waals surface area contributed by atoms with Crippen molar-refractivity contribution in [3.63, 3.8) is 0 Å². The van der Waals surface area contributed by atoms with Gasteiger partial charge in [0, 0.05) is 17.2 Å². The highest BCUT2D eigenvalue weighted by Crippen LogP contribution is 2.42. The molecule has 1 unspecified atom stereocenters. The Morgan fingerprint density at radius 1 is 1.39 bits per heavy atom. The van der Waals surface area contributed by atoms with Gasteiger partial charge in [0.1, 0.15) is 0 Å². The number of hydrogen-bond acceptors (Lipinski definition) is 5.